The molecule has 16 heavy (non-hydrogen) atoms. The maximum absolute atomic E-state index is 11.9. The zero-order valence-electron chi connectivity index (χ0n) is 11.0. The summed E-state index contributed by atoms with van der Waals surface area (Å²) in [5, 5.41) is 3.37. The fourth-order valence-electron chi connectivity index (χ4n) is 1.95. The van der Waals surface area contributed by atoms with E-state index >= 15 is 0 Å². The Balaban J connectivity index is 2.37. The van der Waals surface area contributed by atoms with Gasteiger partial charge in [0.2, 0.25) is 5.91 Å². The molecule has 94 valence electrons. The van der Waals surface area contributed by atoms with Crippen LogP contribution >= 0.6 is 0 Å². The highest BCUT2D eigenvalue weighted by Crippen LogP contribution is 2.08. The molecule has 1 heterocycles. The molecule has 1 aliphatic rings. The van der Waals surface area contributed by atoms with E-state index in [1.165, 1.54) is 12.8 Å². The second-order valence-corrected chi connectivity index (χ2v) is 5.01. The van der Waals surface area contributed by atoms with Gasteiger partial charge in [-0.3, -0.25) is 9.69 Å². The zero-order valence-corrected chi connectivity index (χ0v) is 11.0. The molecule has 0 aromatic carbocycles. The summed E-state index contributed by atoms with van der Waals surface area (Å²) in [5.41, 5.74) is 0. The quantitative estimate of drug-likeness (QED) is 0.761. The van der Waals surface area contributed by atoms with Crippen LogP contribution in [0, 0.1) is 0 Å². The van der Waals surface area contributed by atoms with E-state index < -0.39 is 0 Å². The number of nitrogens with zero attached hydrogens (tertiary/aromatic N) is 2. The van der Waals surface area contributed by atoms with Gasteiger partial charge in [-0.2, -0.15) is 0 Å². The molecule has 1 atom stereocenters. The van der Waals surface area contributed by atoms with Crippen LogP contribution in [0.25, 0.3) is 0 Å². The molecule has 1 rings (SSSR count). The Labute approximate surface area is 99.0 Å². The molecule has 0 spiro atoms. The van der Waals surface area contributed by atoms with Crippen LogP contribution in [-0.4, -0.2) is 61.5 Å². The smallest absolute Gasteiger partial charge is 0.236 e. The first kappa shape index (κ1) is 13.5. The molecular weight excluding hydrogens is 202 g/mol. The third kappa shape index (κ3) is 3.76. The van der Waals surface area contributed by atoms with Crippen LogP contribution in [0.15, 0.2) is 0 Å². The minimum Gasteiger partial charge on any atom is -0.342 e. The number of carbonyl (C=O) groups excluding carboxylic acids is 1. The van der Waals surface area contributed by atoms with Crippen molar-refractivity contribution in [3.8, 4) is 0 Å². The summed E-state index contributed by atoms with van der Waals surface area (Å²) in [7, 11) is 3.92. The first-order valence-corrected chi connectivity index (χ1v) is 6.19. The van der Waals surface area contributed by atoms with Crippen LogP contribution in [0.1, 0.15) is 26.7 Å². The van der Waals surface area contributed by atoms with Crippen LogP contribution in [0.5, 0.6) is 0 Å². The van der Waals surface area contributed by atoms with Crippen molar-refractivity contribution in [1.29, 1.82) is 0 Å². The van der Waals surface area contributed by atoms with Crippen LogP contribution in [0.3, 0.4) is 0 Å². The van der Waals surface area contributed by atoms with Crippen molar-refractivity contribution in [2.24, 2.45) is 0 Å². The van der Waals surface area contributed by atoms with Gasteiger partial charge in [0.25, 0.3) is 0 Å². The van der Waals surface area contributed by atoms with Crippen molar-refractivity contribution in [3.63, 3.8) is 0 Å². The minimum absolute atomic E-state index is 0.211. The summed E-state index contributed by atoms with van der Waals surface area (Å²) >= 11 is 0. The summed E-state index contributed by atoms with van der Waals surface area (Å²) in [6.45, 7) is 6.74. The van der Waals surface area contributed by atoms with E-state index in [0.717, 1.165) is 13.1 Å². The number of hydrogen-bond donors (Lipinski definition) is 1. The van der Waals surface area contributed by atoms with Crippen LogP contribution < -0.4 is 5.32 Å². The molecule has 0 aliphatic carbocycles. The van der Waals surface area contributed by atoms with Gasteiger partial charge < -0.3 is 10.2 Å². The molecule has 0 saturated carbocycles. The molecule has 4 heteroatoms. The maximum Gasteiger partial charge on any atom is 0.236 e. The normalized spacial score (nSPS) is 21.5. The van der Waals surface area contributed by atoms with Gasteiger partial charge in [0.1, 0.15) is 0 Å². The van der Waals surface area contributed by atoms with Crippen molar-refractivity contribution in [2.75, 3.05) is 33.7 Å². The third-order valence-corrected chi connectivity index (χ3v) is 3.45. The maximum atomic E-state index is 11.9. The van der Waals surface area contributed by atoms with E-state index in [-0.39, 0.29) is 11.9 Å². The Morgan fingerprint density at radius 2 is 2.12 bits per heavy atom. The molecule has 1 amide bonds. The molecule has 1 N–H and O–H groups in total. The van der Waals surface area contributed by atoms with Crippen molar-refractivity contribution in [1.82, 2.24) is 15.1 Å². The lowest BCUT2D eigenvalue weighted by atomic mass is 10.1. The monoisotopic (exact) mass is 227 g/mol. The highest BCUT2D eigenvalue weighted by Gasteiger charge is 2.21. The number of likely N-dealkylation sites (N-methyl/N-ethyl adjacent to an activating group) is 2. The standard InChI is InChI=1S/C12H25N3O/c1-10(2)15(4)12(16)9-14(3)11-6-5-7-13-8-11/h10-11,13H,5-9H2,1-4H3. The number of piperidine rings is 1. The van der Waals surface area contributed by atoms with Gasteiger partial charge in [0, 0.05) is 25.7 Å². The Morgan fingerprint density at radius 3 is 2.62 bits per heavy atom. The molecule has 1 saturated heterocycles. The van der Waals surface area contributed by atoms with Gasteiger partial charge in [0.15, 0.2) is 0 Å². The van der Waals surface area contributed by atoms with E-state index in [1.54, 1.807) is 0 Å². The van der Waals surface area contributed by atoms with E-state index in [9.17, 15) is 4.79 Å². The van der Waals surface area contributed by atoms with Crippen LogP contribution in [0.2, 0.25) is 0 Å². The highest BCUT2D eigenvalue weighted by molar-refractivity contribution is 5.78. The van der Waals surface area contributed by atoms with Crippen molar-refractivity contribution >= 4 is 5.91 Å². The molecular formula is C12H25N3O. The van der Waals surface area contributed by atoms with E-state index in [2.05, 4.69) is 10.2 Å². The topological polar surface area (TPSA) is 35.6 Å². The fourth-order valence-corrected chi connectivity index (χ4v) is 1.95. The fraction of sp³-hybridized carbons (Fsp3) is 0.917. The number of nitrogens with one attached hydrogen (secondary N) is 1. The SMILES string of the molecule is CC(C)N(C)C(=O)CN(C)C1CCCNC1. The zero-order chi connectivity index (χ0) is 12.1. The summed E-state index contributed by atoms with van der Waals surface area (Å²) in [5.74, 6) is 0.211. The summed E-state index contributed by atoms with van der Waals surface area (Å²) in [6.07, 6.45) is 2.41. The third-order valence-electron chi connectivity index (χ3n) is 3.45. The van der Waals surface area contributed by atoms with Gasteiger partial charge >= 0.3 is 0 Å². The Kier molecular flexibility index (Phi) is 5.22. The first-order valence-electron chi connectivity index (χ1n) is 6.19. The molecule has 1 unspecified atom stereocenters. The lowest BCUT2D eigenvalue weighted by Crippen LogP contribution is -2.48. The molecule has 0 aromatic heterocycles. The van der Waals surface area contributed by atoms with Gasteiger partial charge in [0.05, 0.1) is 6.54 Å². The Hall–Kier alpha value is -0.610. The predicted molar refractivity (Wildman–Crippen MR) is 66.4 cm³/mol. The van der Waals surface area contributed by atoms with E-state index in [1.807, 2.05) is 32.8 Å². The van der Waals surface area contributed by atoms with E-state index in [4.69, 9.17) is 0 Å². The number of carbonyl (C=O) groups is 1. The highest BCUT2D eigenvalue weighted by atomic mass is 16.2. The average molecular weight is 227 g/mol. The van der Waals surface area contributed by atoms with Crippen molar-refractivity contribution in [3.05, 3.63) is 0 Å². The summed E-state index contributed by atoms with van der Waals surface area (Å²) in [4.78, 5) is 15.9. The second-order valence-electron chi connectivity index (χ2n) is 5.01. The van der Waals surface area contributed by atoms with Gasteiger partial charge in [-0.15, -0.1) is 0 Å². The predicted octanol–water partition coefficient (Wildman–Crippen LogP) is 0.537. The van der Waals surface area contributed by atoms with E-state index in [0.29, 0.717) is 12.6 Å². The molecule has 1 aliphatic heterocycles. The molecule has 1 fully saturated rings. The van der Waals surface area contributed by atoms with Gasteiger partial charge in [-0.05, 0) is 40.3 Å². The largest absolute Gasteiger partial charge is 0.342 e. The Bertz CT molecular complexity index is 224. The van der Waals surface area contributed by atoms with Crippen LogP contribution in [-0.2, 0) is 4.79 Å². The molecule has 0 radical (unpaired) electrons. The Morgan fingerprint density at radius 1 is 1.44 bits per heavy atom. The van der Waals surface area contributed by atoms with Gasteiger partial charge in [-0.25, -0.2) is 0 Å². The molecule has 0 aromatic rings. The minimum atomic E-state index is 0.211. The molecule has 0 bridgehead atoms. The van der Waals surface area contributed by atoms with Crippen LogP contribution in [0.4, 0.5) is 0 Å². The summed E-state index contributed by atoms with van der Waals surface area (Å²) < 4.78 is 0. The lowest BCUT2D eigenvalue weighted by Gasteiger charge is -2.33. The number of rotatable bonds is 4. The lowest BCUT2D eigenvalue weighted by molar-refractivity contribution is -0.132. The van der Waals surface area contributed by atoms with Crippen molar-refractivity contribution in [2.45, 2.75) is 38.8 Å². The van der Waals surface area contributed by atoms with Crippen molar-refractivity contribution < 1.29 is 4.79 Å². The van der Waals surface area contributed by atoms with Gasteiger partial charge in [-0.1, -0.05) is 0 Å². The second kappa shape index (κ2) is 6.21. The first-order chi connectivity index (χ1) is 7.52. The number of amides is 1. The average Bonchev–Trinajstić information content (AvgIpc) is 2.28. The summed E-state index contributed by atoms with van der Waals surface area (Å²) in [6, 6.07) is 0.795. The molecule has 4 nitrogen and oxygen atoms in total. The number of hydrogen-bond acceptors (Lipinski definition) is 3.